The van der Waals surface area contributed by atoms with Crippen molar-refractivity contribution in [1.29, 1.82) is 0 Å². The summed E-state index contributed by atoms with van der Waals surface area (Å²) in [7, 11) is 0. The second-order valence-corrected chi connectivity index (χ2v) is 11.0. The van der Waals surface area contributed by atoms with Gasteiger partial charge in [-0.25, -0.2) is 5.12 Å². The Hall–Kier alpha value is -1.24. The lowest BCUT2D eigenvalue weighted by molar-refractivity contribution is 0.175. The van der Waals surface area contributed by atoms with Crippen molar-refractivity contribution in [2.45, 2.75) is 132 Å². The van der Waals surface area contributed by atoms with Gasteiger partial charge in [0.2, 0.25) is 0 Å². The van der Waals surface area contributed by atoms with Crippen LogP contribution >= 0.6 is 0 Å². The average molecular weight is 541 g/mol. The molecule has 0 aliphatic carbocycles. The van der Waals surface area contributed by atoms with Gasteiger partial charge < -0.3 is 9.80 Å². The van der Waals surface area contributed by atoms with Crippen LogP contribution in [0.5, 0.6) is 0 Å². The molecule has 0 saturated carbocycles. The largest absolute Gasteiger partial charge is 0.301 e. The van der Waals surface area contributed by atoms with E-state index in [4.69, 9.17) is 0 Å². The van der Waals surface area contributed by atoms with Crippen LogP contribution in [0.15, 0.2) is 30.3 Å². The third-order valence-electron chi connectivity index (χ3n) is 8.72. The van der Waals surface area contributed by atoms with Crippen LogP contribution in [0.4, 0.5) is 14.6 Å². The van der Waals surface area contributed by atoms with Crippen LogP contribution in [-0.4, -0.2) is 60.1 Å². The maximum absolute atomic E-state index is 14.5. The van der Waals surface area contributed by atoms with Gasteiger partial charge in [0.15, 0.2) is 0 Å². The van der Waals surface area contributed by atoms with Crippen LogP contribution in [0.1, 0.15) is 108 Å². The Bertz CT molecular complexity index is 654. The molecule has 38 heavy (non-hydrogen) atoms. The summed E-state index contributed by atoms with van der Waals surface area (Å²) in [5.74, 6) is 0.726. The normalized spacial score (nSPS) is 16.4. The van der Waals surface area contributed by atoms with Crippen molar-refractivity contribution in [3.05, 3.63) is 30.3 Å². The van der Waals surface area contributed by atoms with Crippen molar-refractivity contribution >= 4 is 5.69 Å². The lowest BCUT2D eigenvalue weighted by atomic mass is 9.93. The van der Waals surface area contributed by atoms with Crippen molar-refractivity contribution in [1.82, 2.24) is 15.3 Å². The Labute approximate surface area is 235 Å². The third kappa shape index (κ3) is 13.2. The second kappa shape index (κ2) is 21.6. The van der Waals surface area contributed by atoms with Gasteiger partial charge in [0, 0.05) is 18.1 Å². The number of para-hydroxylation sites is 1. The first kappa shape index (κ1) is 36.8. The molecule has 1 N–H and O–H groups in total. The summed E-state index contributed by atoms with van der Waals surface area (Å²) in [6.45, 7) is 25.9. The molecular weight excluding hydrogens is 478 g/mol. The minimum absolute atomic E-state index is 0.0331. The molecule has 224 valence electrons. The van der Waals surface area contributed by atoms with Gasteiger partial charge in [-0.05, 0) is 103 Å². The average Bonchev–Trinajstić information content (AvgIpc) is 2.96. The molecule has 0 heterocycles. The first-order valence-electron chi connectivity index (χ1n) is 15.5. The Morgan fingerprint density at radius 2 is 1.08 bits per heavy atom. The van der Waals surface area contributed by atoms with Gasteiger partial charge in [-0.3, -0.25) is 0 Å². The van der Waals surface area contributed by atoms with Crippen LogP contribution in [0.3, 0.4) is 0 Å². The zero-order valence-corrected chi connectivity index (χ0v) is 26.5. The second-order valence-electron chi connectivity index (χ2n) is 11.0. The Kier molecular flexibility index (Phi) is 20.9. The van der Waals surface area contributed by atoms with Crippen molar-refractivity contribution in [3.8, 4) is 0 Å². The van der Waals surface area contributed by atoms with Crippen molar-refractivity contribution in [3.63, 3.8) is 0 Å². The smallest absolute Gasteiger partial charge is 0.0690 e. The molecule has 0 aromatic heterocycles. The zero-order valence-electron chi connectivity index (χ0n) is 26.5. The molecule has 0 aliphatic heterocycles. The number of hydrogen-bond acceptors (Lipinski definition) is 4. The summed E-state index contributed by atoms with van der Waals surface area (Å²) in [5, 5.41) is 0.920. The van der Waals surface area contributed by atoms with E-state index in [-0.39, 0.29) is 12.1 Å². The van der Waals surface area contributed by atoms with Gasteiger partial charge in [-0.1, -0.05) is 78.1 Å². The van der Waals surface area contributed by atoms with E-state index in [0.717, 1.165) is 50.6 Å². The van der Waals surface area contributed by atoms with Gasteiger partial charge >= 0.3 is 0 Å². The van der Waals surface area contributed by atoms with Gasteiger partial charge in [0.25, 0.3) is 0 Å². The van der Waals surface area contributed by atoms with E-state index in [2.05, 4.69) is 65.2 Å². The van der Waals surface area contributed by atoms with Gasteiger partial charge in [0.1, 0.15) is 0 Å². The minimum Gasteiger partial charge on any atom is -0.301 e. The molecule has 0 amide bonds. The monoisotopic (exact) mass is 540 g/mol. The van der Waals surface area contributed by atoms with Gasteiger partial charge in [-0.2, -0.15) is 5.54 Å². The number of hydrogen-bond donors (Lipinski definition) is 1. The standard InChI is InChI=1S/C19H33FN2.C13H29FN2/c1-6-18(21(7-2)8-3)15-14-16(4)17(5)22(20)19-12-10-9-11-13-19;1-6-13(16(7-2)8-3)10-9-11(4)12(5)15-14/h9-13,16-18H,6-8,14-15H2,1-5H3;11-13,15H,6-10H2,1-5H3. The molecule has 0 spiro atoms. The van der Waals surface area contributed by atoms with E-state index in [0.29, 0.717) is 29.6 Å². The van der Waals surface area contributed by atoms with Crippen LogP contribution in [0.2, 0.25) is 0 Å². The Balaban J connectivity index is 0.000000761. The molecule has 1 aromatic carbocycles. The predicted octanol–water partition coefficient (Wildman–Crippen LogP) is 8.69. The van der Waals surface area contributed by atoms with Crippen molar-refractivity contribution in [2.75, 3.05) is 31.3 Å². The maximum atomic E-state index is 14.5. The first-order chi connectivity index (χ1) is 18.1. The van der Waals surface area contributed by atoms with Crippen LogP contribution in [-0.2, 0) is 0 Å². The summed E-state index contributed by atoms with van der Waals surface area (Å²) < 4.78 is 26.8. The number of anilines is 1. The quantitative estimate of drug-likeness (QED) is 0.177. The summed E-state index contributed by atoms with van der Waals surface area (Å²) in [4.78, 5) is 5.02. The summed E-state index contributed by atoms with van der Waals surface area (Å²) in [6, 6.07) is 10.5. The predicted molar refractivity (Wildman–Crippen MR) is 164 cm³/mol. The first-order valence-corrected chi connectivity index (χ1v) is 15.5. The molecule has 0 radical (unpaired) electrons. The molecule has 1 aromatic rings. The number of halogens is 2. The van der Waals surface area contributed by atoms with E-state index in [9.17, 15) is 8.96 Å². The van der Waals surface area contributed by atoms with E-state index in [1.54, 1.807) is 0 Å². The number of nitrogens with one attached hydrogen (secondary N) is 1. The zero-order chi connectivity index (χ0) is 29.1. The molecule has 0 aliphatic rings. The Morgan fingerprint density at radius 1 is 0.658 bits per heavy atom. The number of benzene rings is 1. The molecule has 0 fully saturated rings. The SMILES string of the molecule is CCC(CCC(C)C(C)N(F)c1ccccc1)N(CC)CC.CCC(CCC(C)C(C)NF)N(CC)CC. The van der Waals surface area contributed by atoms with Crippen LogP contribution in [0.25, 0.3) is 0 Å². The lowest BCUT2D eigenvalue weighted by Crippen LogP contribution is -2.36. The Morgan fingerprint density at radius 3 is 1.45 bits per heavy atom. The molecule has 0 bridgehead atoms. The van der Waals surface area contributed by atoms with Crippen molar-refractivity contribution < 1.29 is 8.96 Å². The number of nitrogens with zero attached hydrogens (tertiary/aromatic N) is 3. The maximum Gasteiger partial charge on any atom is 0.0690 e. The van der Waals surface area contributed by atoms with E-state index in [1.165, 1.54) is 19.3 Å². The molecule has 0 saturated heterocycles. The highest BCUT2D eigenvalue weighted by Gasteiger charge is 2.23. The summed E-state index contributed by atoms with van der Waals surface area (Å²) >= 11 is 0. The topological polar surface area (TPSA) is 21.8 Å². The molecular formula is C32H62F2N4. The van der Waals surface area contributed by atoms with Crippen molar-refractivity contribution in [2.24, 2.45) is 11.8 Å². The van der Waals surface area contributed by atoms with E-state index in [1.807, 2.05) is 49.7 Å². The minimum atomic E-state index is -0.100. The fourth-order valence-corrected chi connectivity index (χ4v) is 5.31. The highest BCUT2D eigenvalue weighted by molar-refractivity contribution is 5.44. The summed E-state index contributed by atoms with van der Waals surface area (Å²) in [6.07, 6.45) is 6.82. The molecule has 4 nitrogen and oxygen atoms in total. The fraction of sp³-hybridized carbons (Fsp3) is 0.812. The lowest BCUT2D eigenvalue weighted by Gasteiger charge is -2.32. The van der Waals surface area contributed by atoms with E-state index < -0.39 is 0 Å². The third-order valence-corrected chi connectivity index (χ3v) is 8.72. The molecule has 6 unspecified atom stereocenters. The highest BCUT2D eigenvalue weighted by atomic mass is 19.2. The molecule has 6 atom stereocenters. The van der Waals surface area contributed by atoms with Crippen LogP contribution < -0.4 is 10.7 Å². The van der Waals surface area contributed by atoms with Crippen LogP contribution in [0, 0.1) is 11.8 Å². The van der Waals surface area contributed by atoms with E-state index >= 15 is 0 Å². The fourth-order valence-electron chi connectivity index (χ4n) is 5.31. The molecule has 1 rings (SSSR count). The van der Waals surface area contributed by atoms with Gasteiger partial charge in [0.05, 0.1) is 11.7 Å². The summed E-state index contributed by atoms with van der Waals surface area (Å²) in [5.41, 5.74) is 2.50. The molecule has 6 heteroatoms. The number of rotatable bonds is 19. The highest BCUT2D eigenvalue weighted by Crippen LogP contribution is 2.25. The van der Waals surface area contributed by atoms with Gasteiger partial charge in [-0.15, -0.1) is 4.48 Å².